The minimum Gasteiger partial charge on any atom is -0.316 e. The van der Waals surface area contributed by atoms with Crippen molar-refractivity contribution in [3.05, 3.63) is 0 Å². The van der Waals surface area contributed by atoms with Crippen LogP contribution in [-0.4, -0.2) is 25.1 Å². The molecule has 86 valence electrons. The smallest absolute Gasteiger partial charge is 0.00181 e. The molecule has 1 nitrogen and oxygen atoms in total. The molecule has 0 heterocycles. The summed E-state index contributed by atoms with van der Waals surface area (Å²) in [6.45, 7) is 9.30. The quantitative estimate of drug-likeness (QED) is 0.594. The molecular weight excluding hydrogens is 190 g/mol. The lowest BCUT2D eigenvalue weighted by molar-refractivity contribution is 0.339. The fourth-order valence-electron chi connectivity index (χ4n) is 1.63. The van der Waals surface area contributed by atoms with Gasteiger partial charge in [-0.3, -0.25) is 0 Å². The number of hydrogen-bond acceptors (Lipinski definition) is 2. The van der Waals surface area contributed by atoms with Crippen LogP contribution in [0, 0.1) is 11.8 Å². The second-order valence-electron chi connectivity index (χ2n) is 4.34. The van der Waals surface area contributed by atoms with Crippen LogP contribution in [0.25, 0.3) is 0 Å². The van der Waals surface area contributed by atoms with E-state index in [9.17, 15) is 0 Å². The van der Waals surface area contributed by atoms with Crippen molar-refractivity contribution < 1.29 is 0 Å². The van der Waals surface area contributed by atoms with Gasteiger partial charge in [0.2, 0.25) is 0 Å². The van der Waals surface area contributed by atoms with Gasteiger partial charge in [-0.2, -0.15) is 11.8 Å². The first kappa shape index (κ1) is 14.3. The highest BCUT2D eigenvalue weighted by molar-refractivity contribution is 7.98. The molecule has 1 N–H and O–H groups in total. The van der Waals surface area contributed by atoms with Gasteiger partial charge in [-0.1, -0.05) is 20.8 Å². The average Bonchev–Trinajstić information content (AvgIpc) is 2.15. The van der Waals surface area contributed by atoms with Crippen LogP contribution in [0.4, 0.5) is 0 Å². The van der Waals surface area contributed by atoms with E-state index in [1.54, 1.807) is 0 Å². The topological polar surface area (TPSA) is 12.0 Å². The predicted molar refractivity (Wildman–Crippen MR) is 69.1 cm³/mol. The Balaban J connectivity index is 3.55. The van der Waals surface area contributed by atoms with E-state index in [-0.39, 0.29) is 0 Å². The van der Waals surface area contributed by atoms with Crippen molar-refractivity contribution in [1.82, 2.24) is 5.32 Å². The van der Waals surface area contributed by atoms with Gasteiger partial charge in [0.05, 0.1) is 0 Å². The second-order valence-corrected chi connectivity index (χ2v) is 5.33. The van der Waals surface area contributed by atoms with E-state index >= 15 is 0 Å². The normalized spacial score (nSPS) is 13.5. The zero-order valence-corrected chi connectivity index (χ0v) is 11.1. The third-order valence-electron chi connectivity index (χ3n) is 2.70. The number of nitrogens with one attached hydrogen (secondary N) is 1. The monoisotopic (exact) mass is 217 g/mol. The molecule has 0 amide bonds. The van der Waals surface area contributed by atoms with E-state index in [0.29, 0.717) is 0 Å². The van der Waals surface area contributed by atoms with Crippen molar-refractivity contribution in [1.29, 1.82) is 0 Å². The summed E-state index contributed by atoms with van der Waals surface area (Å²) in [5.74, 6) is 3.01. The van der Waals surface area contributed by atoms with Crippen molar-refractivity contribution in [2.45, 2.75) is 40.0 Å². The second kappa shape index (κ2) is 9.85. The molecular formula is C12H27NS. The molecule has 0 saturated carbocycles. The lowest BCUT2D eigenvalue weighted by atomic mass is 9.91. The summed E-state index contributed by atoms with van der Waals surface area (Å²) < 4.78 is 0. The molecule has 0 aliphatic carbocycles. The molecule has 0 bridgehead atoms. The third-order valence-corrected chi connectivity index (χ3v) is 3.40. The number of thioether (sulfide) groups is 1. The van der Waals surface area contributed by atoms with Gasteiger partial charge < -0.3 is 5.32 Å². The Kier molecular flexibility index (Phi) is 10.1. The van der Waals surface area contributed by atoms with Crippen molar-refractivity contribution in [2.24, 2.45) is 11.8 Å². The minimum atomic E-state index is 0.821. The van der Waals surface area contributed by atoms with Crippen LogP contribution in [0.2, 0.25) is 0 Å². The fourth-order valence-corrected chi connectivity index (χ4v) is 2.08. The summed E-state index contributed by atoms with van der Waals surface area (Å²) in [5.41, 5.74) is 0. The number of hydrogen-bond donors (Lipinski definition) is 1. The van der Waals surface area contributed by atoms with E-state index in [4.69, 9.17) is 0 Å². The maximum absolute atomic E-state index is 3.54. The first-order valence-corrected chi connectivity index (χ1v) is 7.31. The van der Waals surface area contributed by atoms with Gasteiger partial charge in [-0.15, -0.1) is 0 Å². The van der Waals surface area contributed by atoms with Gasteiger partial charge in [0.1, 0.15) is 0 Å². The molecule has 0 rings (SSSR count). The summed E-state index contributed by atoms with van der Waals surface area (Å²) in [6.07, 6.45) is 6.20. The van der Waals surface area contributed by atoms with Crippen LogP contribution in [0.15, 0.2) is 0 Å². The molecule has 0 radical (unpaired) electrons. The summed E-state index contributed by atoms with van der Waals surface area (Å²) in [4.78, 5) is 0. The van der Waals surface area contributed by atoms with Crippen molar-refractivity contribution in [3.8, 4) is 0 Å². The highest BCUT2D eigenvalue weighted by atomic mass is 32.2. The minimum absolute atomic E-state index is 0.821. The van der Waals surface area contributed by atoms with Crippen molar-refractivity contribution >= 4 is 11.8 Å². The van der Waals surface area contributed by atoms with Crippen LogP contribution in [0.3, 0.4) is 0 Å². The molecule has 0 saturated heterocycles. The Morgan fingerprint density at radius 2 is 2.00 bits per heavy atom. The zero-order valence-electron chi connectivity index (χ0n) is 10.3. The Morgan fingerprint density at radius 3 is 2.50 bits per heavy atom. The molecule has 0 aromatic heterocycles. The summed E-state index contributed by atoms with van der Waals surface area (Å²) in [6, 6.07) is 0. The average molecular weight is 217 g/mol. The predicted octanol–water partition coefficient (Wildman–Crippen LogP) is 3.40. The van der Waals surface area contributed by atoms with E-state index in [0.717, 1.165) is 11.8 Å². The molecule has 0 aromatic rings. The molecule has 14 heavy (non-hydrogen) atoms. The standard InChI is InChI=1S/C12H27NS/c1-5-8-13-10-12(11(2)3)7-6-9-14-4/h11-13H,5-10H2,1-4H3. The van der Waals surface area contributed by atoms with Crippen LogP contribution >= 0.6 is 11.8 Å². The molecule has 2 heteroatoms. The van der Waals surface area contributed by atoms with Gasteiger partial charge in [0, 0.05) is 0 Å². The largest absolute Gasteiger partial charge is 0.316 e. The molecule has 1 unspecified atom stereocenters. The molecule has 0 fully saturated rings. The van der Waals surface area contributed by atoms with Crippen LogP contribution < -0.4 is 5.32 Å². The molecule has 0 aromatic carbocycles. The summed E-state index contributed by atoms with van der Waals surface area (Å²) in [7, 11) is 0. The van der Waals surface area contributed by atoms with E-state index in [1.807, 2.05) is 11.8 Å². The lowest BCUT2D eigenvalue weighted by Crippen LogP contribution is -2.26. The Bertz CT molecular complexity index is 105. The van der Waals surface area contributed by atoms with E-state index in [1.165, 1.54) is 38.1 Å². The van der Waals surface area contributed by atoms with Gasteiger partial charge in [0.15, 0.2) is 0 Å². The molecule has 1 atom stereocenters. The van der Waals surface area contributed by atoms with Crippen molar-refractivity contribution in [2.75, 3.05) is 25.1 Å². The molecule has 0 spiro atoms. The first-order chi connectivity index (χ1) is 6.72. The lowest BCUT2D eigenvalue weighted by Gasteiger charge is -2.21. The number of rotatable bonds is 9. The summed E-state index contributed by atoms with van der Waals surface area (Å²) in [5, 5.41) is 3.54. The Morgan fingerprint density at radius 1 is 1.29 bits per heavy atom. The van der Waals surface area contributed by atoms with Gasteiger partial charge >= 0.3 is 0 Å². The third kappa shape index (κ3) is 7.69. The van der Waals surface area contributed by atoms with Crippen LogP contribution in [-0.2, 0) is 0 Å². The van der Waals surface area contributed by atoms with Gasteiger partial charge in [-0.05, 0) is 56.2 Å². The first-order valence-electron chi connectivity index (χ1n) is 5.92. The van der Waals surface area contributed by atoms with Crippen LogP contribution in [0.5, 0.6) is 0 Å². The Hall–Kier alpha value is 0.310. The molecule has 0 aliphatic rings. The fraction of sp³-hybridized carbons (Fsp3) is 1.00. The molecule has 0 aliphatic heterocycles. The highest BCUT2D eigenvalue weighted by Crippen LogP contribution is 2.17. The maximum atomic E-state index is 3.54. The Labute approximate surface area is 94.4 Å². The highest BCUT2D eigenvalue weighted by Gasteiger charge is 2.11. The van der Waals surface area contributed by atoms with E-state index in [2.05, 4.69) is 32.3 Å². The van der Waals surface area contributed by atoms with E-state index < -0.39 is 0 Å². The van der Waals surface area contributed by atoms with Gasteiger partial charge in [-0.25, -0.2) is 0 Å². The van der Waals surface area contributed by atoms with Crippen LogP contribution in [0.1, 0.15) is 40.0 Å². The SMILES string of the molecule is CCCNCC(CCCSC)C(C)C. The zero-order chi connectivity index (χ0) is 10.8. The maximum Gasteiger partial charge on any atom is -0.00181 e. The summed E-state index contributed by atoms with van der Waals surface area (Å²) >= 11 is 1.96. The van der Waals surface area contributed by atoms with Gasteiger partial charge in [0.25, 0.3) is 0 Å². The van der Waals surface area contributed by atoms with Crippen molar-refractivity contribution in [3.63, 3.8) is 0 Å².